The highest BCUT2D eigenvalue weighted by molar-refractivity contribution is 5.91. The smallest absolute Gasteiger partial charge is 0.331 e. The average Bonchev–Trinajstić information content (AvgIpc) is 2.26. The first-order valence-corrected chi connectivity index (χ1v) is 6.15. The molecule has 3 nitrogen and oxygen atoms in total. The molecule has 0 fully saturated rings. The van der Waals surface area contributed by atoms with E-state index >= 15 is 0 Å². The van der Waals surface area contributed by atoms with Gasteiger partial charge >= 0.3 is 5.97 Å². The van der Waals surface area contributed by atoms with Crippen LogP contribution in [0.4, 0.5) is 0 Å². The predicted molar refractivity (Wildman–Crippen MR) is 75.4 cm³/mol. The second kappa shape index (κ2) is 5.71. The number of nitriles is 1. The molecule has 1 aromatic rings. The number of hydrogen-bond donors (Lipinski definition) is 0. The van der Waals surface area contributed by atoms with E-state index < -0.39 is 5.60 Å². The van der Waals surface area contributed by atoms with Crippen molar-refractivity contribution >= 4 is 11.5 Å². The Hall–Kier alpha value is -2.08. The Morgan fingerprint density at radius 3 is 2.47 bits per heavy atom. The molecule has 0 radical (unpaired) electrons. The van der Waals surface area contributed by atoms with Gasteiger partial charge in [-0.1, -0.05) is 12.1 Å². The SMILES string of the molecule is C/C(=C\C(=O)OC(C)(C)C)c1ccc(C#N)c(C)c1. The van der Waals surface area contributed by atoms with Crippen molar-refractivity contribution in [3.05, 3.63) is 41.0 Å². The van der Waals surface area contributed by atoms with E-state index in [1.807, 2.05) is 46.8 Å². The van der Waals surface area contributed by atoms with Gasteiger partial charge in [-0.05, 0) is 57.4 Å². The molecule has 0 bridgehead atoms. The minimum atomic E-state index is -0.492. The van der Waals surface area contributed by atoms with Crippen LogP contribution in [0.15, 0.2) is 24.3 Å². The normalized spacial score (nSPS) is 11.9. The van der Waals surface area contributed by atoms with Crippen LogP contribution in [0, 0.1) is 18.3 Å². The Morgan fingerprint density at radius 2 is 2.00 bits per heavy atom. The lowest BCUT2D eigenvalue weighted by Crippen LogP contribution is -2.22. The predicted octanol–water partition coefficient (Wildman–Crippen LogP) is 3.61. The van der Waals surface area contributed by atoms with Gasteiger partial charge in [-0.3, -0.25) is 0 Å². The maximum atomic E-state index is 11.7. The van der Waals surface area contributed by atoms with Crippen LogP contribution >= 0.6 is 0 Å². The first-order valence-electron chi connectivity index (χ1n) is 6.15. The molecule has 19 heavy (non-hydrogen) atoms. The maximum Gasteiger partial charge on any atom is 0.331 e. The van der Waals surface area contributed by atoms with Crippen LogP contribution in [-0.2, 0) is 9.53 Å². The van der Waals surface area contributed by atoms with Gasteiger partial charge in [0.25, 0.3) is 0 Å². The van der Waals surface area contributed by atoms with Crippen LogP contribution in [0.3, 0.4) is 0 Å². The summed E-state index contributed by atoms with van der Waals surface area (Å²) in [4.78, 5) is 11.7. The molecular weight excluding hydrogens is 238 g/mol. The summed E-state index contributed by atoms with van der Waals surface area (Å²) in [6.07, 6.45) is 1.48. The van der Waals surface area contributed by atoms with Crippen molar-refractivity contribution in [3.8, 4) is 6.07 Å². The number of ether oxygens (including phenoxy) is 1. The van der Waals surface area contributed by atoms with Gasteiger partial charge in [0.1, 0.15) is 5.60 Å². The van der Waals surface area contributed by atoms with Crippen molar-refractivity contribution in [2.24, 2.45) is 0 Å². The zero-order valence-electron chi connectivity index (χ0n) is 12.1. The van der Waals surface area contributed by atoms with Gasteiger partial charge < -0.3 is 4.74 Å². The van der Waals surface area contributed by atoms with Crippen LogP contribution in [-0.4, -0.2) is 11.6 Å². The fraction of sp³-hybridized carbons (Fsp3) is 0.375. The number of carbonyl (C=O) groups is 1. The molecule has 0 aliphatic rings. The summed E-state index contributed by atoms with van der Waals surface area (Å²) in [5.41, 5.74) is 2.80. The summed E-state index contributed by atoms with van der Waals surface area (Å²) in [5.74, 6) is -0.355. The van der Waals surface area contributed by atoms with Gasteiger partial charge in [-0.2, -0.15) is 5.26 Å². The first kappa shape index (κ1) is 15.0. The number of rotatable bonds is 2. The van der Waals surface area contributed by atoms with Crippen LogP contribution < -0.4 is 0 Å². The summed E-state index contributed by atoms with van der Waals surface area (Å²) >= 11 is 0. The molecule has 1 aromatic carbocycles. The molecule has 100 valence electrons. The van der Waals surface area contributed by atoms with E-state index in [9.17, 15) is 4.79 Å². The number of nitrogens with zero attached hydrogens (tertiary/aromatic N) is 1. The molecule has 0 atom stereocenters. The average molecular weight is 257 g/mol. The van der Waals surface area contributed by atoms with E-state index in [0.717, 1.165) is 16.7 Å². The first-order chi connectivity index (χ1) is 8.73. The molecule has 0 saturated carbocycles. The third-order valence-electron chi connectivity index (χ3n) is 2.54. The third kappa shape index (κ3) is 4.59. The number of esters is 1. The Morgan fingerprint density at radius 1 is 1.37 bits per heavy atom. The van der Waals surface area contributed by atoms with Crippen molar-refractivity contribution < 1.29 is 9.53 Å². The largest absolute Gasteiger partial charge is 0.457 e. The molecule has 0 N–H and O–H groups in total. The van der Waals surface area contributed by atoms with E-state index in [2.05, 4.69) is 6.07 Å². The van der Waals surface area contributed by atoms with E-state index in [1.165, 1.54) is 6.08 Å². The molecule has 0 aliphatic heterocycles. The molecule has 0 spiro atoms. The molecule has 1 rings (SSSR count). The molecule has 3 heteroatoms. The Labute approximate surface area is 114 Å². The second-order valence-corrected chi connectivity index (χ2v) is 5.50. The van der Waals surface area contributed by atoms with Crippen LogP contribution in [0.5, 0.6) is 0 Å². The zero-order valence-corrected chi connectivity index (χ0v) is 12.1. The molecular formula is C16H19NO2. The second-order valence-electron chi connectivity index (χ2n) is 5.50. The minimum absolute atomic E-state index is 0.355. The van der Waals surface area contributed by atoms with Gasteiger partial charge in [-0.25, -0.2) is 4.79 Å². The summed E-state index contributed by atoms with van der Waals surface area (Å²) < 4.78 is 5.24. The van der Waals surface area contributed by atoms with Crippen molar-refractivity contribution in [3.63, 3.8) is 0 Å². The number of carbonyl (C=O) groups excluding carboxylic acids is 1. The molecule has 0 saturated heterocycles. The Kier molecular flexibility index (Phi) is 4.50. The zero-order chi connectivity index (χ0) is 14.6. The number of benzene rings is 1. The summed E-state index contributed by atoms with van der Waals surface area (Å²) in [6, 6.07) is 7.62. The molecule has 0 unspecified atom stereocenters. The standard InChI is InChI=1S/C16H19NO2/c1-11-8-13(6-7-14(11)10-17)12(2)9-15(18)19-16(3,4)5/h6-9H,1-5H3/b12-9+. The van der Waals surface area contributed by atoms with E-state index in [0.29, 0.717) is 5.56 Å². The third-order valence-corrected chi connectivity index (χ3v) is 2.54. The minimum Gasteiger partial charge on any atom is -0.457 e. The van der Waals surface area contributed by atoms with Crippen LogP contribution in [0.25, 0.3) is 5.57 Å². The molecule has 0 aromatic heterocycles. The molecule has 0 heterocycles. The lowest BCUT2D eigenvalue weighted by Gasteiger charge is -2.18. The number of aryl methyl sites for hydroxylation is 1. The fourth-order valence-corrected chi connectivity index (χ4v) is 1.63. The van der Waals surface area contributed by atoms with Crippen molar-refractivity contribution in [2.75, 3.05) is 0 Å². The van der Waals surface area contributed by atoms with Crippen LogP contribution in [0.1, 0.15) is 44.4 Å². The lowest BCUT2D eigenvalue weighted by atomic mass is 10.0. The van der Waals surface area contributed by atoms with Gasteiger partial charge in [0.05, 0.1) is 11.6 Å². The Bertz CT molecular complexity index is 557. The lowest BCUT2D eigenvalue weighted by molar-refractivity contribution is -0.148. The number of hydrogen-bond acceptors (Lipinski definition) is 3. The Balaban J connectivity index is 2.95. The maximum absolute atomic E-state index is 11.7. The summed E-state index contributed by atoms with van der Waals surface area (Å²) in [5, 5.41) is 8.88. The van der Waals surface area contributed by atoms with E-state index in [1.54, 1.807) is 6.07 Å². The number of allylic oxidation sites excluding steroid dienone is 1. The van der Waals surface area contributed by atoms with E-state index in [-0.39, 0.29) is 5.97 Å². The summed E-state index contributed by atoms with van der Waals surface area (Å²) in [6.45, 7) is 9.23. The van der Waals surface area contributed by atoms with Crippen molar-refractivity contribution in [1.29, 1.82) is 5.26 Å². The van der Waals surface area contributed by atoms with Gasteiger partial charge in [0.15, 0.2) is 0 Å². The fourth-order valence-electron chi connectivity index (χ4n) is 1.63. The molecule has 0 aliphatic carbocycles. The van der Waals surface area contributed by atoms with E-state index in [4.69, 9.17) is 10.00 Å². The van der Waals surface area contributed by atoms with Crippen molar-refractivity contribution in [1.82, 2.24) is 0 Å². The van der Waals surface area contributed by atoms with Gasteiger partial charge in [0, 0.05) is 6.08 Å². The van der Waals surface area contributed by atoms with Crippen molar-refractivity contribution in [2.45, 2.75) is 40.2 Å². The summed E-state index contributed by atoms with van der Waals surface area (Å²) in [7, 11) is 0. The highest BCUT2D eigenvalue weighted by atomic mass is 16.6. The molecule has 0 amide bonds. The topological polar surface area (TPSA) is 50.1 Å². The van der Waals surface area contributed by atoms with Gasteiger partial charge in [0.2, 0.25) is 0 Å². The van der Waals surface area contributed by atoms with Crippen LogP contribution in [0.2, 0.25) is 0 Å². The van der Waals surface area contributed by atoms with Gasteiger partial charge in [-0.15, -0.1) is 0 Å². The monoisotopic (exact) mass is 257 g/mol. The highest BCUT2D eigenvalue weighted by Gasteiger charge is 2.14. The quantitative estimate of drug-likeness (QED) is 0.600. The highest BCUT2D eigenvalue weighted by Crippen LogP contribution is 2.18.